The quantitative estimate of drug-likeness (QED) is 0.796. The molecule has 1 aliphatic carbocycles. The van der Waals surface area contributed by atoms with Crippen molar-refractivity contribution >= 4 is 16.5 Å². The van der Waals surface area contributed by atoms with E-state index >= 15 is 0 Å². The van der Waals surface area contributed by atoms with Crippen LogP contribution in [0.15, 0.2) is 23.6 Å². The van der Waals surface area contributed by atoms with E-state index in [4.69, 9.17) is 5.73 Å². The summed E-state index contributed by atoms with van der Waals surface area (Å²) in [5.74, 6) is 0. The minimum absolute atomic E-state index is 0.653. The Hall–Kier alpha value is -1.35. The van der Waals surface area contributed by atoms with E-state index in [-0.39, 0.29) is 0 Å². The molecule has 2 N–H and O–H groups in total. The number of fused-ring (bicyclic) bond motifs is 1. The highest BCUT2D eigenvalue weighted by atomic mass is 32.1. The van der Waals surface area contributed by atoms with Gasteiger partial charge in [-0.1, -0.05) is 18.2 Å². The zero-order chi connectivity index (χ0) is 10.3. The molecule has 0 spiro atoms. The molecular weight excluding hydrogens is 204 g/mol. The summed E-state index contributed by atoms with van der Waals surface area (Å²) in [6, 6.07) is 6.50. The number of aromatic nitrogens is 1. The lowest BCUT2D eigenvalue weighted by Crippen LogP contribution is -1.89. The first-order valence-corrected chi connectivity index (χ1v) is 6.05. The standard InChI is InChI=1S/C12H12N2S/c13-12-14-11(7-15-12)10-6-2-4-8-3-1-5-9(8)10/h2,4,6-7H,1,3,5H2,(H2,13,14). The summed E-state index contributed by atoms with van der Waals surface area (Å²) in [5, 5.41) is 2.70. The largest absolute Gasteiger partial charge is 0.375 e. The summed E-state index contributed by atoms with van der Waals surface area (Å²) in [7, 11) is 0. The second kappa shape index (κ2) is 3.35. The lowest BCUT2D eigenvalue weighted by molar-refractivity contribution is 0.912. The second-order valence-electron chi connectivity index (χ2n) is 3.87. The van der Waals surface area contributed by atoms with Gasteiger partial charge < -0.3 is 5.73 Å². The Morgan fingerprint density at radius 3 is 3.00 bits per heavy atom. The van der Waals surface area contributed by atoms with Gasteiger partial charge in [0.1, 0.15) is 0 Å². The molecule has 1 heterocycles. The number of anilines is 1. The van der Waals surface area contributed by atoms with E-state index in [1.807, 2.05) is 5.38 Å². The molecule has 0 saturated heterocycles. The highest BCUT2D eigenvalue weighted by Crippen LogP contribution is 2.33. The molecule has 15 heavy (non-hydrogen) atoms. The molecule has 0 bridgehead atoms. The third kappa shape index (κ3) is 1.43. The number of thiazole rings is 1. The maximum absolute atomic E-state index is 5.67. The minimum Gasteiger partial charge on any atom is -0.375 e. The van der Waals surface area contributed by atoms with Crippen LogP contribution in [0.2, 0.25) is 0 Å². The SMILES string of the molecule is Nc1nc(-c2cccc3c2CCC3)cs1. The Kier molecular flexibility index (Phi) is 1.99. The summed E-state index contributed by atoms with van der Waals surface area (Å²) in [6.07, 6.45) is 3.66. The van der Waals surface area contributed by atoms with E-state index in [1.54, 1.807) is 0 Å². The number of nitrogen functional groups attached to an aromatic ring is 1. The van der Waals surface area contributed by atoms with Crippen LogP contribution >= 0.6 is 11.3 Å². The van der Waals surface area contributed by atoms with Crippen LogP contribution in [0.25, 0.3) is 11.3 Å². The van der Waals surface area contributed by atoms with Crippen molar-refractivity contribution < 1.29 is 0 Å². The predicted octanol–water partition coefficient (Wildman–Crippen LogP) is 2.88. The fourth-order valence-corrected chi connectivity index (χ4v) is 2.83. The average Bonchev–Trinajstić information content (AvgIpc) is 2.84. The smallest absolute Gasteiger partial charge is 0.180 e. The van der Waals surface area contributed by atoms with Crippen molar-refractivity contribution in [2.75, 3.05) is 5.73 Å². The van der Waals surface area contributed by atoms with E-state index in [9.17, 15) is 0 Å². The molecule has 0 unspecified atom stereocenters. The molecule has 1 aromatic heterocycles. The van der Waals surface area contributed by atoms with Crippen LogP contribution in [0.1, 0.15) is 17.5 Å². The first kappa shape index (κ1) is 8.92. The average molecular weight is 216 g/mol. The molecule has 1 aliphatic rings. The molecule has 2 nitrogen and oxygen atoms in total. The summed E-state index contributed by atoms with van der Waals surface area (Å²) in [6.45, 7) is 0. The molecule has 3 rings (SSSR count). The molecule has 0 saturated carbocycles. The van der Waals surface area contributed by atoms with Gasteiger partial charge in [-0.25, -0.2) is 4.98 Å². The molecule has 0 atom stereocenters. The molecule has 1 aromatic carbocycles. The summed E-state index contributed by atoms with van der Waals surface area (Å²) < 4.78 is 0. The molecule has 0 fully saturated rings. The lowest BCUT2D eigenvalue weighted by atomic mass is 10.0. The Morgan fingerprint density at radius 2 is 2.20 bits per heavy atom. The van der Waals surface area contributed by atoms with Crippen LogP contribution in [-0.2, 0) is 12.8 Å². The van der Waals surface area contributed by atoms with Crippen molar-refractivity contribution in [1.29, 1.82) is 0 Å². The number of aryl methyl sites for hydroxylation is 1. The maximum atomic E-state index is 5.67. The van der Waals surface area contributed by atoms with E-state index < -0.39 is 0 Å². The van der Waals surface area contributed by atoms with Gasteiger partial charge >= 0.3 is 0 Å². The minimum atomic E-state index is 0.653. The van der Waals surface area contributed by atoms with Gasteiger partial charge in [0.15, 0.2) is 5.13 Å². The maximum Gasteiger partial charge on any atom is 0.180 e. The van der Waals surface area contributed by atoms with Gasteiger partial charge in [0.05, 0.1) is 5.69 Å². The third-order valence-corrected chi connectivity index (χ3v) is 3.62. The zero-order valence-electron chi connectivity index (χ0n) is 8.36. The van der Waals surface area contributed by atoms with Crippen LogP contribution in [0.3, 0.4) is 0 Å². The Bertz CT molecular complexity index is 502. The topological polar surface area (TPSA) is 38.9 Å². The number of hydrogen-bond donors (Lipinski definition) is 1. The normalized spacial score (nSPS) is 14.1. The van der Waals surface area contributed by atoms with Crippen molar-refractivity contribution in [3.8, 4) is 11.3 Å². The first-order chi connectivity index (χ1) is 7.34. The Labute approximate surface area is 92.8 Å². The Balaban J connectivity index is 2.16. The van der Waals surface area contributed by atoms with Crippen molar-refractivity contribution in [2.24, 2.45) is 0 Å². The molecule has 0 aliphatic heterocycles. The van der Waals surface area contributed by atoms with Crippen LogP contribution < -0.4 is 5.73 Å². The predicted molar refractivity (Wildman–Crippen MR) is 64.0 cm³/mol. The van der Waals surface area contributed by atoms with Crippen LogP contribution in [0.4, 0.5) is 5.13 Å². The molecule has 0 amide bonds. The van der Waals surface area contributed by atoms with Gasteiger partial charge in [-0.15, -0.1) is 11.3 Å². The fourth-order valence-electron chi connectivity index (χ4n) is 2.27. The van der Waals surface area contributed by atoms with E-state index in [0.29, 0.717) is 5.13 Å². The highest BCUT2D eigenvalue weighted by molar-refractivity contribution is 7.13. The van der Waals surface area contributed by atoms with Gasteiger partial charge in [-0.05, 0) is 30.4 Å². The monoisotopic (exact) mass is 216 g/mol. The van der Waals surface area contributed by atoms with Crippen LogP contribution in [0, 0.1) is 0 Å². The molecule has 3 heteroatoms. The first-order valence-electron chi connectivity index (χ1n) is 5.17. The molecule has 76 valence electrons. The van der Waals surface area contributed by atoms with Gasteiger partial charge in [0.2, 0.25) is 0 Å². The van der Waals surface area contributed by atoms with Crippen molar-refractivity contribution in [2.45, 2.75) is 19.3 Å². The number of benzene rings is 1. The number of nitrogens with two attached hydrogens (primary N) is 1. The van der Waals surface area contributed by atoms with Crippen molar-refractivity contribution in [1.82, 2.24) is 4.98 Å². The second-order valence-corrected chi connectivity index (χ2v) is 4.76. The highest BCUT2D eigenvalue weighted by Gasteiger charge is 2.16. The fraction of sp³-hybridized carbons (Fsp3) is 0.250. The summed E-state index contributed by atoms with van der Waals surface area (Å²) >= 11 is 1.51. The number of rotatable bonds is 1. The third-order valence-electron chi connectivity index (χ3n) is 2.94. The van der Waals surface area contributed by atoms with E-state index in [1.165, 1.54) is 47.3 Å². The zero-order valence-corrected chi connectivity index (χ0v) is 9.18. The number of nitrogens with zero attached hydrogens (tertiary/aromatic N) is 1. The van der Waals surface area contributed by atoms with Gasteiger partial charge in [-0.3, -0.25) is 0 Å². The van der Waals surface area contributed by atoms with Gasteiger partial charge in [0, 0.05) is 10.9 Å². The summed E-state index contributed by atoms with van der Waals surface area (Å²) in [5.41, 5.74) is 10.9. The van der Waals surface area contributed by atoms with E-state index in [0.717, 1.165) is 5.69 Å². The molecular formula is C12H12N2S. The van der Waals surface area contributed by atoms with Crippen molar-refractivity contribution in [3.05, 3.63) is 34.7 Å². The van der Waals surface area contributed by atoms with Gasteiger partial charge in [0.25, 0.3) is 0 Å². The van der Waals surface area contributed by atoms with Crippen LogP contribution in [-0.4, -0.2) is 4.98 Å². The van der Waals surface area contributed by atoms with Crippen molar-refractivity contribution in [3.63, 3.8) is 0 Å². The van der Waals surface area contributed by atoms with Crippen LogP contribution in [0.5, 0.6) is 0 Å². The van der Waals surface area contributed by atoms with Gasteiger partial charge in [-0.2, -0.15) is 0 Å². The lowest BCUT2D eigenvalue weighted by Gasteiger charge is -2.04. The number of hydrogen-bond acceptors (Lipinski definition) is 3. The Morgan fingerprint density at radius 1 is 1.27 bits per heavy atom. The molecule has 2 aromatic rings. The summed E-state index contributed by atoms with van der Waals surface area (Å²) in [4.78, 5) is 4.35. The molecule has 0 radical (unpaired) electrons. The van der Waals surface area contributed by atoms with E-state index in [2.05, 4.69) is 23.2 Å².